The molecular weight excluding hydrogens is 606 g/mol. The van der Waals surface area contributed by atoms with E-state index >= 15 is 0 Å². The number of aromatic hydroxyl groups is 1. The van der Waals surface area contributed by atoms with Gasteiger partial charge in [0.15, 0.2) is 0 Å². The van der Waals surface area contributed by atoms with Gasteiger partial charge in [0.25, 0.3) is 0 Å². The first-order valence-corrected chi connectivity index (χ1v) is 17.2. The summed E-state index contributed by atoms with van der Waals surface area (Å²) in [5, 5.41) is 19.5. The maximum atomic E-state index is 13.5. The van der Waals surface area contributed by atoms with Gasteiger partial charge in [-0.3, -0.25) is 9.59 Å². The number of nitrogens with one attached hydrogen (secondary N) is 2. The molecule has 0 bridgehead atoms. The van der Waals surface area contributed by atoms with Crippen LogP contribution in [0.2, 0.25) is 0 Å². The molecule has 255 valence electrons. The number of anilines is 1. The molecule has 2 fully saturated rings. The molecule has 2 aliphatic heterocycles. The number of piperidine rings is 1. The normalized spacial score (nSPS) is 16.3. The Labute approximate surface area is 284 Å². The Balaban J connectivity index is 1.06. The molecule has 2 aliphatic rings. The van der Waals surface area contributed by atoms with Crippen LogP contribution in [0, 0.1) is 6.42 Å². The fourth-order valence-corrected chi connectivity index (χ4v) is 6.24. The molecule has 0 saturated carbocycles. The first-order chi connectivity index (χ1) is 23.5. The second kappa shape index (κ2) is 18.2. The van der Waals surface area contributed by atoms with E-state index in [2.05, 4.69) is 17.1 Å². The SMILES string of the molecule is O=C(CCOC(=O)N(c1ccccc1-c1ccccc1)N1CC[CH]CC1)NCCCCCN(Cc1ccc(O)cc1)C(=O)[C@@H]1CCCN1. The smallest absolute Gasteiger partial charge is 0.429 e. The highest BCUT2D eigenvalue weighted by molar-refractivity contribution is 5.93. The second-order valence-corrected chi connectivity index (χ2v) is 12.4. The van der Waals surface area contributed by atoms with Crippen molar-refractivity contribution in [2.75, 3.05) is 44.3 Å². The summed E-state index contributed by atoms with van der Waals surface area (Å²) < 4.78 is 5.68. The minimum atomic E-state index is -0.493. The molecular formula is C38H48N5O5. The van der Waals surface area contributed by atoms with Crippen molar-refractivity contribution in [3.05, 3.63) is 90.8 Å². The van der Waals surface area contributed by atoms with Crippen LogP contribution in [0.5, 0.6) is 5.75 Å². The van der Waals surface area contributed by atoms with Crippen LogP contribution < -0.4 is 15.6 Å². The first-order valence-electron chi connectivity index (χ1n) is 17.2. The molecule has 3 aromatic rings. The molecule has 1 atom stereocenters. The summed E-state index contributed by atoms with van der Waals surface area (Å²) in [4.78, 5) is 41.2. The number of unbranched alkanes of at least 4 members (excludes halogenated alkanes) is 2. The standard InChI is InChI=1S/C38H48N5O5/c44-32-20-18-30(19-21-32)29-41(37(46)34-16-12-24-39-34)25-9-2-8-23-40-36(45)22-28-48-38(47)43(42-26-10-3-11-27-42)35-17-7-6-15-33(35)31-13-4-1-5-14-31/h1,3-7,13-15,17-21,34,39,44H,2,8-12,16,22-29H2,(H,40,45)/t34-/m0/s1. The predicted molar refractivity (Wildman–Crippen MR) is 187 cm³/mol. The number of phenolic OH excluding ortho intramolecular Hbond substituents is 1. The number of nitrogens with zero attached hydrogens (tertiary/aromatic N) is 3. The lowest BCUT2D eigenvalue weighted by molar-refractivity contribution is -0.133. The summed E-state index contributed by atoms with van der Waals surface area (Å²) >= 11 is 0. The van der Waals surface area contributed by atoms with Crippen molar-refractivity contribution in [3.63, 3.8) is 0 Å². The molecule has 3 amide bonds. The zero-order chi connectivity index (χ0) is 33.6. The molecule has 1 radical (unpaired) electrons. The number of carbonyl (C=O) groups is 3. The quantitative estimate of drug-likeness (QED) is 0.181. The summed E-state index contributed by atoms with van der Waals surface area (Å²) in [5.41, 5.74) is 3.68. The van der Waals surface area contributed by atoms with E-state index in [1.807, 2.05) is 76.6 Å². The number of phenols is 1. The van der Waals surface area contributed by atoms with Crippen molar-refractivity contribution in [1.29, 1.82) is 0 Å². The molecule has 0 unspecified atom stereocenters. The van der Waals surface area contributed by atoms with E-state index in [0.29, 0.717) is 32.7 Å². The molecule has 3 aromatic carbocycles. The summed E-state index contributed by atoms with van der Waals surface area (Å²) in [6, 6.07) is 24.6. The summed E-state index contributed by atoms with van der Waals surface area (Å²) in [6.07, 6.45) is 7.88. The van der Waals surface area contributed by atoms with Crippen molar-refractivity contribution in [2.45, 2.75) is 64.0 Å². The summed E-state index contributed by atoms with van der Waals surface area (Å²) in [6.45, 7) is 3.90. The molecule has 2 saturated heterocycles. The number of hydrogen-bond donors (Lipinski definition) is 3. The van der Waals surface area contributed by atoms with Crippen molar-refractivity contribution in [3.8, 4) is 16.9 Å². The second-order valence-electron chi connectivity index (χ2n) is 12.4. The predicted octanol–water partition coefficient (Wildman–Crippen LogP) is 5.67. The van der Waals surface area contributed by atoms with Crippen LogP contribution in [0.1, 0.15) is 56.9 Å². The largest absolute Gasteiger partial charge is 0.508 e. The van der Waals surface area contributed by atoms with Gasteiger partial charge in [-0.2, -0.15) is 0 Å². The molecule has 2 heterocycles. The molecule has 3 N–H and O–H groups in total. The van der Waals surface area contributed by atoms with Gasteiger partial charge >= 0.3 is 6.09 Å². The maximum Gasteiger partial charge on any atom is 0.429 e. The van der Waals surface area contributed by atoms with Crippen molar-refractivity contribution in [2.24, 2.45) is 0 Å². The van der Waals surface area contributed by atoms with Crippen LogP contribution in [0.4, 0.5) is 10.5 Å². The van der Waals surface area contributed by atoms with Crippen LogP contribution in [-0.2, 0) is 20.9 Å². The number of amides is 3. The summed E-state index contributed by atoms with van der Waals surface area (Å²) in [5.74, 6) is 0.157. The van der Waals surface area contributed by atoms with E-state index in [-0.39, 0.29) is 36.6 Å². The molecule has 10 heteroatoms. The van der Waals surface area contributed by atoms with Gasteiger partial charge < -0.3 is 25.4 Å². The van der Waals surface area contributed by atoms with Gasteiger partial charge in [-0.1, -0.05) is 60.7 Å². The lowest BCUT2D eigenvalue weighted by Crippen LogP contribution is -2.50. The van der Waals surface area contributed by atoms with E-state index in [1.54, 1.807) is 17.1 Å². The minimum Gasteiger partial charge on any atom is -0.508 e. The van der Waals surface area contributed by atoms with Crippen molar-refractivity contribution in [1.82, 2.24) is 20.5 Å². The maximum absolute atomic E-state index is 13.5. The number of rotatable bonds is 15. The van der Waals surface area contributed by atoms with Gasteiger partial charge in [-0.05, 0) is 87.2 Å². The minimum absolute atomic E-state index is 0.0157. The highest BCUT2D eigenvalue weighted by atomic mass is 16.6. The molecule has 48 heavy (non-hydrogen) atoms. The van der Waals surface area contributed by atoms with E-state index in [0.717, 1.165) is 73.9 Å². The first kappa shape index (κ1) is 34.9. The average Bonchev–Trinajstić information content (AvgIpc) is 3.66. The van der Waals surface area contributed by atoms with Gasteiger partial charge in [0.2, 0.25) is 11.8 Å². The number of benzene rings is 3. The lowest BCUT2D eigenvalue weighted by atomic mass is 10.0. The van der Waals surface area contributed by atoms with E-state index < -0.39 is 6.09 Å². The molecule has 5 rings (SSSR count). The molecule has 10 nitrogen and oxygen atoms in total. The van der Waals surface area contributed by atoms with Crippen LogP contribution in [0.3, 0.4) is 0 Å². The van der Waals surface area contributed by atoms with Crippen molar-refractivity contribution < 1.29 is 24.2 Å². The third-order valence-corrected chi connectivity index (χ3v) is 8.82. The lowest BCUT2D eigenvalue weighted by Gasteiger charge is -2.37. The van der Waals surface area contributed by atoms with Gasteiger partial charge in [-0.25, -0.2) is 14.8 Å². The Bertz CT molecular complexity index is 1460. The number of hydrogen-bond acceptors (Lipinski definition) is 7. The number of para-hydroxylation sites is 1. The monoisotopic (exact) mass is 654 g/mol. The third kappa shape index (κ3) is 10.0. The van der Waals surface area contributed by atoms with E-state index in [9.17, 15) is 19.5 Å². The summed E-state index contributed by atoms with van der Waals surface area (Å²) in [7, 11) is 0. The Kier molecular flexibility index (Phi) is 13.3. The van der Waals surface area contributed by atoms with Crippen molar-refractivity contribution >= 4 is 23.6 Å². The molecule has 0 spiro atoms. The number of hydrazine groups is 1. The fraction of sp³-hybridized carbons (Fsp3) is 0.421. The topological polar surface area (TPSA) is 114 Å². The van der Waals surface area contributed by atoms with Gasteiger partial charge in [-0.15, -0.1) is 0 Å². The zero-order valence-corrected chi connectivity index (χ0v) is 27.7. The number of carbonyl (C=O) groups excluding carboxylic acids is 3. The van der Waals surface area contributed by atoms with E-state index in [1.165, 1.54) is 0 Å². The Morgan fingerprint density at radius 3 is 2.42 bits per heavy atom. The van der Waals surface area contributed by atoms with Crippen LogP contribution >= 0.6 is 0 Å². The fourth-order valence-electron chi connectivity index (χ4n) is 6.24. The van der Waals surface area contributed by atoms with Crippen LogP contribution in [0.25, 0.3) is 11.1 Å². The van der Waals surface area contributed by atoms with Crippen LogP contribution in [0.15, 0.2) is 78.9 Å². The molecule has 0 aromatic heterocycles. The highest BCUT2D eigenvalue weighted by Crippen LogP contribution is 2.33. The average molecular weight is 655 g/mol. The third-order valence-electron chi connectivity index (χ3n) is 8.82. The van der Waals surface area contributed by atoms with Gasteiger partial charge in [0.05, 0.1) is 18.2 Å². The zero-order valence-electron chi connectivity index (χ0n) is 27.7. The molecule has 0 aliphatic carbocycles. The highest BCUT2D eigenvalue weighted by Gasteiger charge is 2.29. The Hall–Kier alpha value is -4.41. The van der Waals surface area contributed by atoms with Gasteiger partial charge in [0.1, 0.15) is 12.4 Å². The number of ether oxygens (including phenoxy) is 1. The van der Waals surface area contributed by atoms with E-state index in [4.69, 9.17) is 4.74 Å². The van der Waals surface area contributed by atoms with Crippen LogP contribution in [-0.4, -0.2) is 78.3 Å². The Morgan fingerprint density at radius 1 is 0.917 bits per heavy atom. The Morgan fingerprint density at radius 2 is 1.67 bits per heavy atom. The van der Waals surface area contributed by atoms with Gasteiger partial charge in [0, 0.05) is 38.3 Å².